The van der Waals surface area contributed by atoms with Gasteiger partial charge in [-0.05, 0) is 19.3 Å². The van der Waals surface area contributed by atoms with E-state index in [9.17, 15) is 0 Å². The van der Waals surface area contributed by atoms with Crippen LogP contribution in [0.25, 0.3) is 0 Å². The molecule has 0 radical (unpaired) electrons. The fourth-order valence-corrected chi connectivity index (χ4v) is 1.77. The van der Waals surface area contributed by atoms with Crippen LogP contribution in [0, 0.1) is 0 Å². The largest absolute Gasteiger partial charge is 0.243 e. The van der Waals surface area contributed by atoms with Gasteiger partial charge in [-0.1, -0.05) is 23.2 Å². The molecule has 66 valence electrons. The van der Waals surface area contributed by atoms with Gasteiger partial charge in [-0.15, -0.1) is 0 Å². The minimum Gasteiger partial charge on any atom is -0.243 e. The van der Waals surface area contributed by atoms with Gasteiger partial charge in [0.15, 0.2) is 4.46 Å². The molecule has 0 bridgehead atoms. The summed E-state index contributed by atoms with van der Waals surface area (Å²) in [6.07, 6.45) is 3.11. The third kappa shape index (κ3) is 2.22. The van der Waals surface area contributed by atoms with E-state index in [0.29, 0.717) is 0 Å². The summed E-state index contributed by atoms with van der Waals surface area (Å²) < 4.78 is -0.703. The van der Waals surface area contributed by atoms with Crippen molar-refractivity contribution in [1.29, 1.82) is 0 Å². The molecular weight excluding hydrogens is 183 g/mol. The summed E-state index contributed by atoms with van der Waals surface area (Å²) in [4.78, 5) is 0. The van der Waals surface area contributed by atoms with Crippen molar-refractivity contribution in [3.63, 3.8) is 0 Å². The Morgan fingerprint density at radius 1 is 1.18 bits per heavy atom. The first-order valence-electron chi connectivity index (χ1n) is 3.87. The van der Waals surface area contributed by atoms with Crippen molar-refractivity contribution in [3.8, 4) is 0 Å². The molecule has 1 rings (SSSR count). The van der Waals surface area contributed by atoms with E-state index in [0.717, 1.165) is 19.4 Å². The molecule has 0 amide bonds. The summed E-state index contributed by atoms with van der Waals surface area (Å²) in [5.74, 6) is 0. The minimum atomic E-state index is -0.703. The maximum Gasteiger partial charge on any atom is 0.183 e. The van der Waals surface area contributed by atoms with Gasteiger partial charge < -0.3 is 0 Å². The normalized spacial score (nSPS) is 28.4. The highest BCUT2D eigenvalue weighted by Crippen LogP contribution is 2.33. The number of nitrogens with zero attached hydrogens (tertiary/aromatic N) is 2. The average molecular weight is 197 g/mol. The zero-order valence-corrected chi connectivity index (χ0v) is 8.49. The van der Waals surface area contributed by atoms with Crippen LogP contribution in [0.5, 0.6) is 0 Å². The molecule has 0 N–H and O–H groups in total. The quantitative estimate of drug-likeness (QED) is 0.433. The van der Waals surface area contributed by atoms with Crippen molar-refractivity contribution < 1.29 is 0 Å². The van der Waals surface area contributed by atoms with Crippen LogP contribution in [0.1, 0.15) is 19.3 Å². The first-order valence-corrected chi connectivity index (χ1v) is 4.62. The van der Waals surface area contributed by atoms with Crippen LogP contribution in [0.15, 0.2) is 0 Å². The van der Waals surface area contributed by atoms with Crippen molar-refractivity contribution >= 4 is 23.2 Å². The van der Waals surface area contributed by atoms with Gasteiger partial charge in [0.1, 0.15) is 0 Å². The first kappa shape index (κ1) is 9.59. The van der Waals surface area contributed by atoms with Crippen molar-refractivity contribution in [3.05, 3.63) is 0 Å². The predicted molar refractivity (Wildman–Crippen MR) is 48.7 cm³/mol. The van der Waals surface area contributed by atoms with E-state index in [1.165, 1.54) is 6.42 Å². The number of hydrogen-bond donors (Lipinski definition) is 0. The number of rotatable bonds is 0. The zero-order valence-electron chi connectivity index (χ0n) is 6.98. The SMILES string of the molecule is CN1CCCCC(Cl)(Cl)N1C. The zero-order chi connectivity index (χ0) is 8.48. The lowest BCUT2D eigenvalue weighted by Gasteiger charge is -2.34. The summed E-state index contributed by atoms with van der Waals surface area (Å²) in [6, 6.07) is 0. The number of hydrogen-bond acceptors (Lipinski definition) is 2. The van der Waals surface area contributed by atoms with Gasteiger partial charge in [-0.2, -0.15) is 0 Å². The van der Waals surface area contributed by atoms with Gasteiger partial charge >= 0.3 is 0 Å². The van der Waals surface area contributed by atoms with Crippen LogP contribution < -0.4 is 0 Å². The van der Waals surface area contributed by atoms with Gasteiger partial charge in [0.05, 0.1) is 0 Å². The first-order chi connectivity index (χ1) is 5.04. The second kappa shape index (κ2) is 3.48. The highest BCUT2D eigenvalue weighted by Gasteiger charge is 2.33. The van der Waals surface area contributed by atoms with Gasteiger partial charge in [0.2, 0.25) is 0 Å². The fraction of sp³-hybridized carbons (Fsp3) is 1.00. The Balaban J connectivity index is 2.65. The molecule has 2 nitrogen and oxygen atoms in total. The Bertz CT molecular complexity index is 138. The topological polar surface area (TPSA) is 6.48 Å². The minimum absolute atomic E-state index is 0.703. The number of halogens is 2. The molecule has 0 aromatic carbocycles. The molecule has 1 aliphatic heterocycles. The Kier molecular flexibility index (Phi) is 3.03. The summed E-state index contributed by atoms with van der Waals surface area (Å²) in [7, 11) is 3.93. The number of alkyl halides is 2. The van der Waals surface area contributed by atoms with E-state index in [1.807, 2.05) is 19.1 Å². The third-order valence-electron chi connectivity index (χ3n) is 2.19. The van der Waals surface area contributed by atoms with Gasteiger partial charge in [0, 0.05) is 20.6 Å². The standard InChI is InChI=1S/C7H14Cl2N2/c1-10-6-4-3-5-7(8,9)11(10)2/h3-6H2,1-2H3. The van der Waals surface area contributed by atoms with Gasteiger partial charge in [0.25, 0.3) is 0 Å². The van der Waals surface area contributed by atoms with E-state index in [-0.39, 0.29) is 0 Å². The molecule has 0 aromatic heterocycles. The molecule has 0 aromatic rings. The lowest BCUT2D eigenvalue weighted by atomic mass is 10.2. The molecule has 0 unspecified atom stereocenters. The summed E-state index contributed by atoms with van der Waals surface area (Å²) in [5, 5.41) is 3.95. The van der Waals surface area contributed by atoms with Crippen LogP contribution >= 0.6 is 23.2 Å². The smallest absolute Gasteiger partial charge is 0.183 e. The van der Waals surface area contributed by atoms with Crippen LogP contribution in [0.3, 0.4) is 0 Å². The third-order valence-corrected chi connectivity index (χ3v) is 3.06. The molecule has 0 aliphatic carbocycles. The van der Waals surface area contributed by atoms with Gasteiger partial charge in [-0.3, -0.25) is 0 Å². The number of hydrazine groups is 1. The van der Waals surface area contributed by atoms with E-state index in [1.54, 1.807) is 0 Å². The van der Waals surface area contributed by atoms with Crippen LogP contribution in [-0.4, -0.2) is 35.1 Å². The molecule has 1 fully saturated rings. The van der Waals surface area contributed by atoms with E-state index in [4.69, 9.17) is 23.2 Å². The second-order valence-electron chi connectivity index (χ2n) is 3.03. The predicted octanol–water partition coefficient (Wildman–Crippen LogP) is 2.08. The van der Waals surface area contributed by atoms with Crippen LogP contribution in [0.4, 0.5) is 0 Å². The summed E-state index contributed by atoms with van der Waals surface area (Å²) >= 11 is 12.1. The van der Waals surface area contributed by atoms with Gasteiger partial charge in [-0.25, -0.2) is 10.0 Å². The monoisotopic (exact) mass is 196 g/mol. The van der Waals surface area contributed by atoms with E-state index >= 15 is 0 Å². The van der Waals surface area contributed by atoms with E-state index in [2.05, 4.69) is 5.01 Å². The van der Waals surface area contributed by atoms with Crippen LogP contribution in [0.2, 0.25) is 0 Å². The lowest BCUT2D eigenvalue weighted by molar-refractivity contribution is 0.00883. The lowest BCUT2D eigenvalue weighted by Crippen LogP contribution is -2.45. The highest BCUT2D eigenvalue weighted by atomic mass is 35.5. The molecule has 11 heavy (non-hydrogen) atoms. The summed E-state index contributed by atoms with van der Waals surface area (Å²) in [5.41, 5.74) is 0. The molecule has 1 heterocycles. The van der Waals surface area contributed by atoms with E-state index < -0.39 is 4.46 Å². The molecule has 1 saturated heterocycles. The fourth-order valence-electron chi connectivity index (χ4n) is 1.24. The molecule has 0 saturated carbocycles. The van der Waals surface area contributed by atoms with Crippen LogP contribution in [-0.2, 0) is 0 Å². The average Bonchev–Trinajstić information content (AvgIpc) is 2.03. The van der Waals surface area contributed by atoms with Crippen molar-refractivity contribution in [2.45, 2.75) is 23.7 Å². The van der Waals surface area contributed by atoms with Crippen molar-refractivity contribution in [2.24, 2.45) is 0 Å². The second-order valence-corrected chi connectivity index (χ2v) is 4.47. The summed E-state index contributed by atoms with van der Waals surface area (Å²) in [6.45, 7) is 1.04. The molecule has 0 atom stereocenters. The Labute approximate surface area is 78.0 Å². The maximum atomic E-state index is 6.07. The Morgan fingerprint density at radius 3 is 2.45 bits per heavy atom. The molecule has 0 spiro atoms. The van der Waals surface area contributed by atoms with Crippen molar-refractivity contribution in [1.82, 2.24) is 10.0 Å². The molecule has 1 aliphatic rings. The van der Waals surface area contributed by atoms with Crippen molar-refractivity contribution in [2.75, 3.05) is 20.6 Å². The maximum absolute atomic E-state index is 6.07. The molecular formula is C7H14Cl2N2. The Hall–Kier alpha value is 0.500. The molecule has 4 heteroatoms. The Morgan fingerprint density at radius 2 is 1.82 bits per heavy atom. The highest BCUT2D eigenvalue weighted by molar-refractivity contribution is 6.47.